The van der Waals surface area contributed by atoms with Gasteiger partial charge in [-0.05, 0) is 25.0 Å². The number of aromatic nitrogens is 1. The molecule has 3 heteroatoms. The van der Waals surface area contributed by atoms with E-state index in [-0.39, 0.29) is 0 Å². The second kappa shape index (κ2) is 5.50. The molecule has 3 nitrogen and oxygen atoms in total. The molecule has 3 rings (SSSR count). The zero-order chi connectivity index (χ0) is 13.9. The Morgan fingerprint density at radius 3 is 2.70 bits per heavy atom. The summed E-state index contributed by atoms with van der Waals surface area (Å²) in [5, 5.41) is 10.4. The summed E-state index contributed by atoms with van der Waals surface area (Å²) >= 11 is 0. The van der Waals surface area contributed by atoms with Crippen LogP contribution in [0.3, 0.4) is 0 Å². The van der Waals surface area contributed by atoms with Gasteiger partial charge in [0.1, 0.15) is 11.9 Å². The van der Waals surface area contributed by atoms with Crippen molar-refractivity contribution in [1.82, 2.24) is 4.98 Å². The van der Waals surface area contributed by atoms with Crippen molar-refractivity contribution in [2.45, 2.75) is 38.1 Å². The second-order valence-corrected chi connectivity index (χ2v) is 5.57. The summed E-state index contributed by atoms with van der Waals surface area (Å²) in [6.45, 7) is 0. The largest absolute Gasteiger partial charge is 0.356 e. The van der Waals surface area contributed by atoms with Gasteiger partial charge in [-0.3, -0.25) is 0 Å². The quantitative estimate of drug-likeness (QED) is 0.827. The molecule has 0 N–H and O–H groups in total. The lowest BCUT2D eigenvalue weighted by Gasteiger charge is -2.32. The molecule has 2 aromatic rings. The molecule has 1 aliphatic rings. The number of benzene rings is 1. The van der Waals surface area contributed by atoms with Crippen LogP contribution in [0.15, 0.2) is 30.3 Å². The van der Waals surface area contributed by atoms with Gasteiger partial charge in [0.15, 0.2) is 0 Å². The Bertz CT molecular complexity index is 651. The molecular formula is C17H19N3. The van der Waals surface area contributed by atoms with E-state index in [2.05, 4.69) is 18.0 Å². The van der Waals surface area contributed by atoms with E-state index in [1.807, 2.05) is 30.3 Å². The van der Waals surface area contributed by atoms with Crippen molar-refractivity contribution in [3.8, 4) is 6.07 Å². The lowest BCUT2D eigenvalue weighted by atomic mass is 9.94. The molecule has 0 bridgehead atoms. The van der Waals surface area contributed by atoms with Gasteiger partial charge in [0.05, 0.1) is 11.1 Å². The number of hydrogen-bond acceptors (Lipinski definition) is 3. The normalized spacial score (nSPS) is 16.0. The minimum Gasteiger partial charge on any atom is -0.356 e. The van der Waals surface area contributed by atoms with Gasteiger partial charge in [-0.1, -0.05) is 37.5 Å². The summed E-state index contributed by atoms with van der Waals surface area (Å²) in [7, 11) is 2.08. The SMILES string of the molecule is CN(c1nc2ccccc2cc1C#N)C1CCCCC1. The Hall–Kier alpha value is -2.08. The van der Waals surface area contributed by atoms with Crippen molar-refractivity contribution in [3.05, 3.63) is 35.9 Å². The first kappa shape index (κ1) is 12.9. The third kappa shape index (κ3) is 2.34. The fourth-order valence-electron chi connectivity index (χ4n) is 3.10. The van der Waals surface area contributed by atoms with E-state index >= 15 is 0 Å². The molecule has 0 radical (unpaired) electrons. The average molecular weight is 265 g/mol. The molecule has 0 spiro atoms. The van der Waals surface area contributed by atoms with Gasteiger partial charge in [-0.25, -0.2) is 4.98 Å². The van der Waals surface area contributed by atoms with E-state index in [1.165, 1.54) is 32.1 Å². The van der Waals surface area contributed by atoms with Crippen molar-refractivity contribution in [2.24, 2.45) is 0 Å². The Morgan fingerprint density at radius 1 is 1.20 bits per heavy atom. The molecule has 0 aliphatic heterocycles. The molecule has 0 amide bonds. The van der Waals surface area contributed by atoms with Gasteiger partial charge in [0.2, 0.25) is 0 Å². The summed E-state index contributed by atoms with van der Waals surface area (Å²) in [6.07, 6.45) is 6.31. The number of para-hydroxylation sites is 1. The van der Waals surface area contributed by atoms with Gasteiger partial charge in [0.25, 0.3) is 0 Å². The molecule has 1 aliphatic carbocycles. The minimum absolute atomic E-state index is 0.518. The van der Waals surface area contributed by atoms with Crippen LogP contribution in [0.1, 0.15) is 37.7 Å². The van der Waals surface area contributed by atoms with Crippen LogP contribution in [0.2, 0.25) is 0 Å². The van der Waals surface area contributed by atoms with E-state index in [0.29, 0.717) is 11.6 Å². The van der Waals surface area contributed by atoms with Crippen LogP contribution in [0, 0.1) is 11.3 Å². The maximum absolute atomic E-state index is 9.41. The molecule has 0 atom stereocenters. The fourth-order valence-corrected chi connectivity index (χ4v) is 3.10. The number of anilines is 1. The van der Waals surface area contributed by atoms with Gasteiger partial charge in [-0.2, -0.15) is 5.26 Å². The van der Waals surface area contributed by atoms with E-state index in [9.17, 15) is 5.26 Å². The monoisotopic (exact) mass is 265 g/mol. The summed E-state index contributed by atoms with van der Waals surface area (Å²) < 4.78 is 0. The highest BCUT2D eigenvalue weighted by molar-refractivity contribution is 5.83. The molecule has 0 saturated heterocycles. The highest BCUT2D eigenvalue weighted by Gasteiger charge is 2.21. The maximum atomic E-state index is 9.41. The first-order chi connectivity index (χ1) is 9.79. The van der Waals surface area contributed by atoms with Gasteiger partial charge < -0.3 is 4.90 Å². The molecule has 1 fully saturated rings. The molecule has 20 heavy (non-hydrogen) atoms. The third-order valence-electron chi connectivity index (χ3n) is 4.28. The third-order valence-corrected chi connectivity index (χ3v) is 4.28. The second-order valence-electron chi connectivity index (χ2n) is 5.57. The van der Waals surface area contributed by atoms with E-state index in [4.69, 9.17) is 4.98 Å². The lowest BCUT2D eigenvalue weighted by Crippen LogP contribution is -2.34. The summed E-state index contributed by atoms with van der Waals surface area (Å²) in [5.74, 6) is 0.832. The number of hydrogen-bond donors (Lipinski definition) is 0. The number of pyridine rings is 1. The summed E-state index contributed by atoms with van der Waals surface area (Å²) in [6, 6.07) is 12.8. The molecule has 0 unspecified atom stereocenters. The predicted molar refractivity (Wildman–Crippen MR) is 81.7 cm³/mol. The molecule has 1 aromatic carbocycles. The lowest BCUT2D eigenvalue weighted by molar-refractivity contribution is 0.426. The van der Waals surface area contributed by atoms with E-state index < -0.39 is 0 Å². The molecule has 1 heterocycles. The maximum Gasteiger partial charge on any atom is 0.147 e. The molecular weight excluding hydrogens is 246 g/mol. The molecule has 1 aromatic heterocycles. The number of rotatable bonds is 2. The van der Waals surface area contributed by atoms with Crippen molar-refractivity contribution < 1.29 is 0 Å². The first-order valence-corrected chi connectivity index (χ1v) is 7.32. The van der Waals surface area contributed by atoms with Crippen LogP contribution >= 0.6 is 0 Å². The van der Waals surface area contributed by atoms with Gasteiger partial charge in [0, 0.05) is 18.5 Å². The first-order valence-electron chi connectivity index (χ1n) is 7.32. The Labute approximate surface area is 119 Å². The van der Waals surface area contributed by atoms with E-state index in [1.54, 1.807) is 0 Å². The highest BCUT2D eigenvalue weighted by Crippen LogP contribution is 2.28. The van der Waals surface area contributed by atoms with Gasteiger partial charge in [-0.15, -0.1) is 0 Å². The van der Waals surface area contributed by atoms with Crippen LogP contribution in [-0.4, -0.2) is 18.1 Å². The van der Waals surface area contributed by atoms with Crippen LogP contribution < -0.4 is 4.90 Å². The zero-order valence-corrected chi connectivity index (χ0v) is 11.8. The summed E-state index contributed by atoms with van der Waals surface area (Å²) in [4.78, 5) is 6.94. The smallest absolute Gasteiger partial charge is 0.147 e. The predicted octanol–water partition coefficient (Wildman–Crippen LogP) is 3.88. The average Bonchev–Trinajstić information content (AvgIpc) is 2.53. The van der Waals surface area contributed by atoms with Crippen molar-refractivity contribution in [3.63, 3.8) is 0 Å². The summed E-state index contributed by atoms with van der Waals surface area (Å²) in [5.41, 5.74) is 1.64. The minimum atomic E-state index is 0.518. The topological polar surface area (TPSA) is 39.9 Å². The standard InChI is InChI=1S/C17H19N3/c1-20(15-8-3-2-4-9-15)17-14(12-18)11-13-7-5-6-10-16(13)19-17/h5-7,10-11,15H,2-4,8-9H2,1H3. The van der Waals surface area contributed by atoms with Crippen molar-refractivity contribution >= 4 is 16.7 Å². The zero-order valence-electron chi connectivity index (χ0n) is 11.8. The van der Waals surface area contributed by atoms with Crippen LogP contribution in [0.4, 0.5) is 5.82 Å². The Morgan fingerprint density at radius 2 is 1.95 bits per heavy atom. The van der Waals surface area contributed by atoms with Gasteiger partial charge >= 0.3 is 0 Å². The molecule has 1 saturated carbocycles. The van der Waals surface area contributed by atoms with Crippen LogP contribution in [-0.2, 0) is 0 Å². The highest BCUT2D eigenvalue weighted by atomic mass is 15.2. The van der Waals surface area contributed by atoms with Crippen LogP contribution in [0.25, 0.3) is 10.9 Å². The Balaban J connectivity index is 2.02. The Kier molecular flexibility index (Phi) is 3.56. The number of fused-ring (bicyclic) bond motifs is 1. The number of nitrogens with zero attached hydrogens (tertiary/aromatic N) is 3. The van der Waals surface area contributed by atoms with E-state index in [0.717, 1.165) is 16.7 Å². The molecule has 102 valence electrons. The fraction of sp³-hybridized carbons (Fsp3) is 0.412. The van der Waals surface area contributed by atoms with Crippen molar-refractivity contribution in [2.75, 3.05) is 11.9 Å². The van der Waals surface area contributed by atoms with Crippen molar-refractivity contribution in [1.29, 1.82) is 5.26 Å². The number of nitriles is 1. The van der Waals surface area contributed by atoms with Crippen LogP contribution in [0.5, 0.6) is 0 Å².